The number of aryl methyl sites for hydroxylation is 1. The van der Waals surface area contributed by atoms with Gasteiger partial charge in [0.1, 0.15) is 4.75 Å². The van der Waals surface area contributed by atoms with Crippen molar-refractivity contribution in [3.63, 3.8) is 0 Å². The highest BCUT2D eigenvalue weighted by molar-refractivity contribution is 7.90. The predicted octanol–water partition coefficient (Wildman–Crippen LogP) is 4.41. The number of carbonyl (C=O) groups excluding carboxylic acids is 1. The number of nitrogens with one attached hydrogen (secondary N) is 1. The SMILES string of the molecule is CCOC(=O)C(N[S+]([O-])C(C)(C)C)c1c2n(c3ccc(C)cc13)C[C@@](N)(c1ccccc1)CC2. The summed E-state index contributed by atoms with van der Waals surface area (Å²) in [5.74, 6) is -0.412. The molecule has 3 N–H and O–H groups in total. The Balaban J connectivity index is 1.88. The normalized spacial score (nSPS) is 20.1. The first kappa shape index (κ1) is 24.8. The van der Waals surface area contributed by atoms with Gasteiger partial charge in [0.15, 0.2) is 6.04 Å². The molecule has 0 amide bonds. The Morgan fingerprint density at radius 3 is 2.62 bits per heavy atom. The van der Waals surface area contributed by atoms with E-state index in [0.29, 0.717) is 13.0 Å². The molecule has 0 radical (unpaired) electrons. The van der Waals surface area contributed by atoms with Crippen LogP contribution in [0.25, 0.3) is 10.9 Å². The van der Waals surface area contributed by atoms with Crippen LogP contribution in [0.5, 0.6) is 0 Å². The van der Waals surface area contributed by atoms with Crippen LogP contribution < -0.4 is 10.5 Å². The van der Waals surface area contributed by atoms with Crippen LogP contribution in [0, 0.1) is 6.92 Å². The topological polar surface area (TPSA) is 92.3 Å². The van der Waals surface area contributed by atoms with Crippen molar-refractivity contribution in [3.05, 3.63) is 70.9 Å². The second kappa shape index (κ2) is 9.38. The zero-order valence-corrected chi connectivity index (χ0v) is 21.5. The maximum absolute atomic E-state index is 13.2. The summed E-state index contributed by atoms with van der Waals surface area (Å²) in [6.45, 7) is 10.3. The third kappa shape index (κ3) is 4.62. The van der Waals surface area contributed by atoms with E-state index in [2.05, 4.69) is 39.6 Å². The van der Waals surface area contributed by atoms with E-state index in [0.717, 1.165) is 39.7 Å². The van der Waals surface area contributed by atoms with Gasteiger partial charge in [-0.15, -0.1) is 4.72 Å². The maximum atomic E-state index is 13.2. The molecule has 6 nitrogen and oxygen atoms in total. The number of hydrogen-bond acceptors (Lipinski definition) is 5. The number of esters is 1. The molecule has 2 aromatic carbocycles. The first-order chi connectivity index (χ1) is 16.0. The molecule has 7 heteroatoms. The average molecular weight is 482 g/mol. The number of fused-ring (bicyclic) bond motifs is 3. The van der Waals surface area contributed by atoms with Crippen LogP contribution in [0.15, 0.2) is 48.5 Å². The molecular weight excluding hydrogens is 446 g/mol. The van der Waals surface area contributed by atoms with Gasteiger partial charge >= 0.3 is 5.97 Å². The lowest BCUT2D eigenvalue weighted by molar-refractivity contribution is -0.145. The first-order valence-electron chi connectivity index (χ1n) is 11.9. The van der Waals surface area contributed by atoms with E-state index in [-0.39, 0.29) is 6.61 Å². The van der Waals surface area contributed by atoms with E-state index in [9.17, 15) is 9.35 Å². The van der Waals surface area contributed by atoms with Crippen molar-refractivity contribution in [3.8, 4) is 0 Å². The molecule has 1 aliphatic rings. The van der Waals surface area contributed by atoms with Gasteiger partial charge in [-0.2, -0.15) is 0 Å². The molecule has 0 bridgehead atoms. The minimum Gasteiger partial charge on any atom is -0.598 e. The molecular formula is C27H35N3O3S. The summed E-state index contributed by atoms with van der Waals surface area (Å²) in [6, 6.07) is 15.6. The summed E-state index contributed by atoms with van der Waals surface area (Å²) in [4.78, 5) is 13.2. The van der Waals surface area contributed by atoms with Crippen molar-refractivity contribution < 1.29 is 14.1 Å². The van der Waals surface area contributed by atoms with Gasteiger partial charge < -0.3 is 19.6 Å². The Labute approximate surface area is 205 Å². The Bertz CT molecular complexity index is 1190. The number of hydrogen-bond donors (Lipinski definition) is 2. The van der Waals surface area contributed by atoms with Crippen LogP contribution in [-0.4, -0.2) is 26.4 Å². The van der Waals surface area contributed by atoms with E-state index < -0.39 is 33.7 Å². The molecule has 0 fully saturated rings. The van der Waals surface area contributed by atoms with Crippen LogP contribution in [0.1, 0.15) is 62.5 Å². The standard InChI is InChI=1S/C27H35N3O3S/c1-6-33-25(31)24(29-34(32)26(3,4)5)23-20-16-18(2)12-13-21(20)30-17-27(28,15-14-22(23)30)19-10-8-7-9-11-19/h7-13,16,24,29H,6,14-15,17,28H2,1-5H3/t24?,27-,34?/m1/s1. The van der Waals surface area contributed by atoms with Crippen molar-refractivity contribution in [1.82, 2.24) is 9.29 Å². The summed E-state index contributed by atoms with van der Waals surface area (Å²) < 4.78 is 23.4. The number of carbonyl (C=O) groups is 1. The highest BCUT2D eigenvalue weighted by atomic mass is 32.2. The first-order valence-corrected chi connectivity index (χ1v) is 13.0. The average Bonchev–Trinajstić information content (AvgIpc) is 3.09. The molecule has 0 saturated carbocycles. The van der Waals surface area contributed by atoms with E-state index in [4.69, 9.17) is 10.5 Å². The molecule has 0 saturated heterocycles. The summed E-state index contributed by atoms with van der Waals surface area (Å²) in [5.41, 5.74) is 11.6. The Morgan fingerprint density at radius 1 is 1.26 bits per heavy atom. The summed E-state index contributed by atoms with van der Waals surface area (Å²) >= 11 is -1.46. The second-order valence-corrected chi connectivity index (χ2v) is 12.2. The molecule has 2 heterocycles. The van der Waals surface area contributed by atoms with Crippen LogP contribution in [-0.2, 0) is 39.4 Å². The maximum Gasteiger partial charge on any atom is 0.332 e. The molecule has 4 rings (SSSR count). The predicted molar refractivity (Wildman–Crippen MR) is 138 cm³/mol. The number of aromatic nitrogens is 1. The number of nitrogens with two attached hydrogens (primary N) is 1. The highest BCUT2D eigenvalue weighted by Gasteiger charge is 2.41. The molecule has 1 aliphatic heterocycles. The van der Waals surface area contributed by atoms with Gasteiger partial charge in [-0.1, -0.05) is 42.0 Å². The van der Waals surface area contributed by atoms with Gasteiger partial charge in [-0.05, 0) is 65.2 Å². The Kier molecular flexibility index (Phi) is 6.84. The van der Waals surface area contributed by atoms with Gasteiger partial charge in [-0.3, -0.25) is 0 Å². The van der Waals surface area contributed by atoms with Gasteiger partial charge in [0.2, 0.25) is 0 Å². The lowest BCUT2D eigenvalue weighted by Crippen LogP contribution is -2.46. The fourth-order valence-electron chi connectivity index (χ4n) is 4.76. The Morgan fingerprint density at radius 2 is 1.97 bits per heavy atom. The largest absolute Gasteiger partial charge is 0.598 e. The minimum absolute atomic E-state index is 0.256. The Hall–Kier alpha value is -2.32. The van der Waals surface area contributed by atoms with E-state index in [1.807, 2.05) is 45.9 Å². The van der Waals surface area contributed by atoms with Crippen LogP contribution >= 0.6 is 0 Å². The molecule has 34 heavy (non-hydrogen) atoms. The highest BCUT2D eigenvalue weighted by Crippen LogP contribution is 2.40. The number of ether oxygens (including phenoxy) is 1. The van der Waals surface area contributed by atoms with Crippen LogP contribution in [0.4, 0.5) is 0 Å². The molecule has 2 unspecified atom stereocenters. The van der Waals surface area contributed by atoms with Gasteiger partial charge in [0, 0.05) is 40.1 Å². The molecule has 3 aromatic rings. The summed E-state index contributed by atoms with van der Waals surface area (Å²) in [7, 11) is 0. The fraction of sp³-hybridized carbons (Fsp3) is 0.444. The number of rotatable bonds is 6. The smallest absolute Gasteiger partial charge is 0.332 e. The van der Waals surface area contributed by atoms with Crippen molar-refractivity contribution in [2.75, 3.05) is 6.61 Å². The zero-order chi connectivity index (χ0) is 24.7. The third-order valence-corrected chi connectivity index (χ3v) is 8.12. The molecule has 3 atom stereocenters. The zero-order valence-electron chi connectivity index (χ0n) is 20.7. The number of nitrogens with zero attached hydrogens (tertiary/aromatic N) is 1. The van der Waals surface area contributed by atoms with Crippen LogP contribution in [0.2, 0.25) is 0 Å². The summed E-state index contributed by atoms with van der Waals surface area (Å²) in [5, 5.41) is 0.976. The molecule has 0 spiro atoms. The van der Waals surface area contributed by atoms with Crippen LogP contribution in [0.3, 0.4) is 0 Å². The van der Waals surface area contributed by atoms with Gasteiger partial charge in [0.05, 0.1) is 12.1 Å². The van der Waals surface area contributed by atoms with Crippen molar-refractivity contribution in [1.29, 1.82) is 0 Å². The molecule has 1 aromatic heterocycles. The summed E-state index contributed by atoms with van der Waals surface area (Å²) in [6.07, 6.45) is 1.45. The van der Waals surface area contributed by atoms with Crippen molar-refractivity contribution >= 4 is 28.2 Å². The molecule has 182 valence electrons. The van der Waals surface area contributed by atoms with E-state index in [1.54, 1.807) is 6.92 Å². The third-order valence-electron chi connectivity index (χ3n) is 6.56. The van der Waals surface area contributed by atoms with Crippen molar-refractivity contribution in [2.24, 2.45) is 5.73 Å². The van der Waals surface area contributed by atoms with Crippen molar-refractivity contribution in [2.45, 2.75) is 70.3 Å². The van der Waals surface area contributed by atoms with Gasteiger partial charge in [0.25, 0.3) is 0 Å². The van der Waals surface area contributed by atoms with E-state index >= 15 is 0 Å². The minimum atomic E-state index is -1.46. The second-order valence-electron chi connectivity index (χ2n) is 10.2. The quantitative estimate of drug-likeness (QED) is 0.402. The lowest BCUT2D eigenvalue weighted by atomic mass is 9.82. The van der Waals surface area contributed by atoms with Gasteiger partial charge in [-0.25, -0.2) is 4.79 Å². The monoisotopic (exact) mass is 481 g/mol. The number of benzene rings is 2. The van der Waals surface area contributed by atoms with E-state index in [1.165, 1.54) is 0 Å². The fourth-order valence-corrected chi connectivity index (χ4v) is 5.54. The molecule has 0 aliphatic carbocycles. The lowest BCUT2D eigenvalue weighted by Gasteiger charge is -2.36.